The second-order valence-corrected chi connectivity index (χ2v) is 12.0. The van der Waals surface area contributed by atoms with Gasteiger partial charge in [-0.3, -0.25) is 14.4 Å². The standard InChI is InChI=1S/C34H49N3O7/c1-8-9-10-11-12-20-37(30(31(40)35-22-29(39)43-7)27-15-13-14-23(2)24(27)3)32(41)28(36-33(42)44-34(4,5)6)21-25-16-18-26(38)19-17-25/h13-19,28,30,38H,8-12,20-22H2,1-7H3,(H,35,40)(H,36,42). The minimum absolute atomic E-state index is 0.0719. The lowest BCUT2D eigenvalue weighted by molar-refractivity contribution is -0.144. The number of phenolic OH excluding ortho intramolecular Hbond substituents is 1. The lowest BCUT2D eigenvalue weighted by Gasteiger charge is -2.35. The Morgan fingerprint density at radius 1 is 0.955 bits per heavy atom. The summed E-state index contributed by atoms with van der Waals surface area (Å²) in [6, 6.07) is 9.75. The quantitative estimate of drug-likeness (QED) is 0.184. The van der Waals surface area contributed by atoms with Gasteiger partial charge in [0.2, 0.25) is 11.8 Å². The van der Waals surface area contributed by atoms with Crippen LogP contribution in [-0.4, -0.2) is 65.7 Å². The maximum Gasteiger partial charge on any atom is 0.408 e. The van der Waals surface area contributed by atoms with Crippen molar-refractivity contribution in [1.29, 1.82) is 0 Å². The van der Waals surface area contributed by atoms with Crippen molar-refractivity contribution in [2.24, 2.45) is 0 Å². The molecule has 2 unspecified atom stereocenters. The average Bonchev–Trinajstić information content (AvgIpc) is 2.96. The molecule has 2 aromatic carbocycles. The van der Waals surface area contributed by atoms with Crippen LogP contribution in [0.3, 0.4) is 0 Å². The minimum Gasteiger partial charge on any atom is -0.508 e. The number of nitrogens with zero attached hydrogens (tertiary/aromatic N) is 1. The molecule has 2 aromatic rings. The fraction of sp³-hybridized carbons (Fsp3) is 0.529. The summed E-state index contributed by atoms with van der Waals surface area (Å²) in [5, 5.41) is 15.2. The van der Waals surface area contributed by atoms with E-state index in [1.165, 1.54) is 24.1 Å². The molecule has 2 atom stereocenters. The maximum absolute atomic E-state index is 14.6. The number of phenols is 1. The van der Waals surface area contributed by atoms with Gasteiger partial charge in [0.05, 0.1) is 7.11 Å². The molecule has 0 heterocycles. The number of methoxy groups -OCH3 is 1. The number of ether oxygens (including phenoxy) is 2. The van der Waals surface area contributed by atoms with Crippen molar-refractivity contribution in [1.82, 2.24) is 15.5 Å². The fourth-order valence-corrected chi connectivity index (χ4v) is 4.82. The van der Waals surface area contributed by atoms with Crippen LogP contribution in [0, 0.1) is 13.8 Å². The normalized spacial score (nSPS) is 12.5. The number of aromatic hydroxyl groups is 1. The van der Waals surface area contributed by atoms with Crippen LogP contribution >= 0.6 is 0 Å². The Balaban J connectivity index is 2.61. The van der Waals surface area contributed by atoms with Gasteiger partial charge in [0.15, 0.2) is 0 Å². The third kappa shape index (κ3) is 11.5. The van der Waals surface area contributed by atoms with Crippen molar-refractivity contribution in [3.8, 4) is 5.75 Å². The lowest BCUT2D eigenvalue weighted by atomic mass is 9.94. The number of carbonyl (C=O) groups is 4. The number of esters is 1. The second-order valence-electron chi connectivity index (χ2n) is 12.0. The minimum atomic E-state index is -1.09. The van der Waals surface area contributed by atoms with E-state index in [0.29, 0.717) is 17.5 Å². The van der Waals surface area contributed by atoms with Crippen molar-refractivity contribution >= 4 is 23.9 Å². The molecule has 0 bridgehead atoms. The Hall–Kier alpha value is -4.08. The molecule has 0 radical (unpaired) electrons. The SMILES string of the molecule is CCCCCCCN(C(=O)C(Cc1ccc(O)cc1)NC(=O)OC(C)(C)C)C(C(=O)NCC(=O)OC)c1cccc(C)c1C. The average molecular weight is 612 g/mol. The summed E-state index contributed by atoms with van der Waals surface area (Å²) in [6.07, 6.45) is 3.90. The molecule has 10 nitrogen and oxygen atoms in total. The topological polar surface area (TPSA) is 134 Å². The molecule has 44 heavy (non-hydrogen) atoms. The van der Waals surface area contributed by atoms with Crippen molar-refractivity contribution in [2.75, 3.05) is 20.2 Å². The van der Waals surface area contributed by atoms with E-state index in [4.69, 9.17) is 9.47 Å². The van der Waals surface area contributed by atoms with E-state index in [0.717, 1.165) is 36.8 Å². The number of hydrogen-bond acceptors (Lipinski definition) is 7. The number of aryl methyl sites for hydroxylation is 1. The Bertz CT molecular complexity index is 1250. The van der Waals surface area contributed by atoms with Gasteiger partial charge in [-0.1, -0.05) is 62.9 Å². The predicted octanol–water partition coefficient (Wildman–Crippen LogP) is 5.27. The van der Waals surface area contributed by atoms with Gasteiger partial charge >= 0.3 is 12.1 Å². The monoisotopic (exact) mass is 611 g/mol. The first-order valence-electron chi connectivity index (χ1n) is 15.3. The van der Waals surface area contributed by atoms with Crippen LogP contribution in [0.1, 0.15) is 88.1 Å². The highest BCUT2D eigenvalue weighted by atomic mass is 16.6. The summed E-state index contributed by atoms with van der Waals surface area (Å²) in [7, 11) is 1.24. The highest BCUT2D eigenvalue weighted by Gasteiger charge is 2.37. The predicted molar refractivity (Wildman–Crippen MR) is 169 cm³/mol. The fourth-order valence-electron chi connectivity index (χ4n) is 4.82. The van der Waals surface area contributed by atoms with Crippen LogP contribution < -0.4 is 10.6 Å². The molecule has 2 rings (SSSR count). The van der Waals surface area contributed by atoms with Crippen LogP contribution in [0.15, 0.2) is 42.5 Å². The first-order valence-corrected chi connectivity index (χ1v) is 15.3. The van der Waals surface area contributed by atoms with Crippen molar-refractivity contribution in [3.05, 3.63) is 64.7 Å². The molecule has 0 aliphatic heterocycles. The number of alkyl carbamates (subject to hydrolysis) is 1. The molecule has 10 heteroatoms. The Labute approximate surface area is 261 Å². The van der Waals surface area contributed by atoms with E-state index in [2.05, 4.69) is 17.6 Å². The van der Waals surface area contributed by atoms with E-state index >= 15 is 0 Å². The molecule has 0 aliphatic carbocycles. The van der Waals surface area contributed by atoms with Gasteiger partial charge in [-0.15, -0.1) is 0 Å². The van der Waals surface area contributed by atoms with Gasteiger partial charge < -0.3 is 30.1 Å². The number of carbonyl (C=O) groups excluding carboxylic acids is 4. The van der Waals surface area contributed by atoms with Gasteiger partial charge in [-0.05, 0) is 75.4 Å². The van der Waals surface area contributed by atoms with Gasteiger partial charge in [0.25, 0.3) is 0 Å². The van der Waals surface area contributed by atoms with Crippen molar-refractivity contribution < 1.29 is 33.8 Å². The zero-order valence-electron chi connectivity index (χ0n) is 27.2. The highest BCUT2D eigenvalue weighted by Crippen LogP contribution is 2.28. The maximum atomic E-state index is 14.6. The molecule has 3 N–H and O–H groups in total. The molecule has 0 saturated carbocycles. The molecular formula is C34H49N3O7. The Kier molecular flexibility index (Phi) is 14.2. The summed E-state index contributed by atoms with van der Waals surface area (Å²) in [5.41, 5.74) is 2.29. The third-order valence-corrected chi connectivity index (χ3v) is 7.29. The molecule has 0 spiro atoms. The highest BCUT2D eigenvalue weighted by molar-refractivity contribution is 5.93. The summed E-state index contributed by atoms with van der Waals surface area (Å²) in [6.45, 7) is 11.0. The van der Waals surface area contributed by atoms with Gasteiger partial charge in [-0.25, -0.2) is 4.79 Å². The van der Waals surface area contributed by atoms with Gasteiger partial charge in [-0.2, -0.15) is 0 Å². The summed E-state index contributed by atoms with van der Waals surface area (Å²) >= 11 is 0. The molecule has 0 aromatic heterocycles. The van der Waals surface area contributed by atoms with E-state index in [9.17, 15) is 24.3 Å². The van der Waals surface area contributed by atoms with Crippen LogP contribution in [0.25, 0.3) is 0 Å². The van der Waals surface area contributed by atoms with E-state index in [1.54, 1.807) is 39.0 Å². The van der Waals surface area contributed by atoms with Crippen LogP contribution in [-0.2, 0) is 30.3 Å². The first kappa shape index (κ1) is 36.1. The van der Waals surface area contributed by atoms with E-state index < -0.39 is 41.6 Å². The third-order valence-electron chi connectivity index (χ3n) is 7.29. The van der Waals surface area contributed by atoms with Crippen LogP contribution in [0.2, 0.25) is 0 Å². The molecule has 3 amide bonds. The Morgan fingerprint density at radius 2 is 1.61 bits per heavy atom. The summed E-state index contributed by atoms with van der Waals surface area (Å²) < 4.78 is 10.2. The molecule has 0 fully saturated rings. The number of rotatable bonds is 15. The van der Waals surface area contributed by atoms with E-state index in [-0.39, 0.29) is 25.3 Å². The van der Waals surface area contributed by atoms with Crippen molar-refractivity contribution in [2.45, 2.75) is 97.8 Å². The van der Waals surface area contributed by atoms with E-state index in [1.807, 2.05) is 26.0 Å². The number of amides is 3. The molecular weight excluding hydrogens is 562 g/mol. The Morgan fingerprint density at radius 3 is 2.23 bits per heavy atom. The molecule has 242 valence electrons. The number of unbranched alkanes of at least 4 members (excludes halogenated alkanes) is 4. The smallest absolute Gasteiger partial charge is 0.408 e. The molecule has 0 aliphatic rings. The second kappa shape index (κ2) is 17.3. The van der Waals surface area contributed by atoms with Crippen LogP contribution in [0.5, 0.6) is 5.75 Å². The largest absolute Gasteiger partial charge is 0.508 e. The van der Waals surface area contributed by atoms with Gasteiger partial charge in [0.1, 0.15) is 30.0 Å². The zero-order chi connectivity index (χ0) is 32.9. The number of nitrogens with one attached hydrogen (secondary N) is 2. The molecule has 0 saturated heterocycles. The number of hydrogen-bond donors (Lipinski definition) is 3. The van der Waals surface area contributed by atoms with Gasteiger partial charge in [0, 0.05) is 13.0 Å². The van der Waals surface area contributed by atoms with Crippen LogP contribution in [0.4, 0.5) is 4.79 Å². The first-order chi connectivity index (χ1) is 20.8. The lowest BCUT2D eigenvalue weighted by Crippen LogP contribution is -2.54. The zero-order valence-corrected chi connectivity index (χ0v) is 27.2. The van der Waals surface area contributed by atoms with Crippen molar-refractivity contribution in [3.63, 3.8) is 0 Å². The summed E-state index contributed by atoms with van der Waals surface area (Å²) in [4.78, 5) is 54.9. The summed E-state index contributed by atoms with van der Waals surface area (Å²) in [5.74, 6) is -1.56. The number of benzene rings is 2.